The van der Waals surface area contributed by atoms with E-state index in [2.05, 4.69) is 37.7 Å². The number of nitrogen functional groups attached to an aromatic ring is 1. The first-order chi connectivity index (χ1) is 14.6. The van der Waals surface area contributed by atoms with E-state index in [0.717, 1.165) is 24.2 Å². The first-order valence-electron chi connectivity index (χ1n) is 9.93. The molecule has 8 heteroatoms. The van der Waals surface area contributed by atoms with E-state index in [4.69, 9.17) is 5.73 Å². The minimum atomic E-state index is -0.262. The molecule has 0 unspecified atom stereocenters. The molecule has 2 aromatic carbocycles. The molecule has 0 aliphatic heterocycles. The summed E-state index contributed by atoms with van der Waals surface area (Å²) in [6, 6.07) is 15.8. The van der Waals surface area contributed by atoms with Crippen molar-refractivity contribution in [1.29, 1.82) is 0 Å². The van der Waals surface area contributed by atoms with E-state index in [1.807, 2.05) is 43.3 Å². The molecule has 1 aromatic heterocycles. The summed E-state index contributed by atoms with van der Waals surface area (Å²) >= 11 is 1.46. The number of fused-ring (bicyclic) bond motifs is 1. The first-order valence-corrected chi connectivity index (χ1v) is 11.0. The molecular formula is C22H24N6OS. The molecule has 7 nitrogen and oxygen atoms in total. The molecule has 0 fully saturated rings. The van der Waals surface area contributed by atoms with Gasteiger partial charge in [0.1, 0.15) is 5.82 Å². The van der Waals surface area contributed by atoms with E-state index in [1.165, 1.54) is 29.3 Å². The van der Waals surface area contributed by atoms with Crippen LogP contribution in [0.2, 0.25) is 0 Å². The van der Waals surface area contributed by atoms with Crippen LogP contribution < -0.4 is 16.4 Å². The van der Waals surface area contributed by atoms with Crippen molar-refractivity contribution < 1.29 is 4.79 Å². The van der Waals surface area contributed by atoms with E-state index >= 15 is 0 Å². The number of amides is 1. The molecule has 1 aliphatic carbocycles. The maximum atomic E-state index is 12.6. The van der Waals surface area contributed by atoms with Crippen molar-refractivity contribution in [3.05, 3.63) is 65.5 Å². The Bertz CT molecular complexity index is 1040. The van der Waals surface area contributed by atoms with Gasteiger partial charge in [0, 0.05) is 11.4 Å². The standard InChI is InChI=1S/C22H24N6OS/c1-14(20(29)24-18-11-10-15-6-5-7-16(15)12-18)30-13-19-26-21(23)28-22(27-19)25-17-8-3-2-4-9-17/h2-4,8-12,14H,5-7,13H2,1H3,(H,24,29)(H3,23,25,26,27,28)/t14-/m0/s1. The zero-order valence-corrected chi connectivity index (χ0v) is 17.6. The zero-order valence-electron chi connectivity index (χ0n) is 16.8. The third-order valence-electron chi connectivity index (χ3n) is 4.93. The summed E-state index contributed by atoms with van der Waals surface area (Å²) in [5.74, 6) is 1.48. The molecule has 0 spiro atoms. The highest BCUT2D eigenvalue weighted by molar-refractivity contribution is 7.99. The van der Waals surface area contributed by atoms with Crippen LogP contribution in [0.15, 0.2) is 48.5 Å². The number of hydrogen-bond donors (Lipinski definition) is 3. The van der Waals surface area contributed by atoms with Crippen molar-refractivity contribution in [3.63, 3.8) is 0 Å². The predicted molar refractivity (Wildman–Crippen MR) is 122 cm³/mol. The van der Waals surface area contributed by atoms with Gasteiger partial charge in [0.05, 0.1) is 11.0 Å². The van der Waals surface area contributed by atoms with Crippen molar-refractivity contribution in [2.24, 2.45) is 0 Å². The zero-order chi connectivity index (χ0) is 20.9. The number of nitrogens with two attached hydrogens (primary N) is 1. The van der Waals surface area contributed by atoms with Gasteiger partial charge in [-0.2, -0.15) is 15.0 Å². The van der Waals surface area contributed by atoms with Crippen LogP contribution >= 0.6 is 11.8 Å². The average Bonchev–Trinajstić information content (AvgIpc) is 3.20. The fourth-order valence-electron chi connectivity index (χ4n) is 3.38. The highest BCUT2D eigenvalue weighted by Crippen LogP contribution is 2.26. The largest absolute Gasteiger partial charge is 0.368 e. The molecule has 0 bridgehead atoms. The SMILES string of the molecule is C[C@H](SCc1nc(N)nc(Nc2ccccc2)n1)C(=O)Nc1ccc2c(c1)CCC2. The Morgan fingerprint density at radius 3 is 2.70 bits per heavy atom. The maximum Gasteiger partial charge on any atom is 0.237 e. The highest BCUT2D eigenvalue weighted by Gasteiger charge is 2.17. The normalized spacial score (nSPS) is 13.5. The second-order valence-electron chi connectivity index (χ2n) is 7.20. The number of carbonyl (C=O) groups excluding carboxylic acids is 1. The smallest absolute Gasteiger partial charge is 0.237 e. The lowest BCUT2D eigenvalue weighted by atomic mass is 10.1. The van der Waals surface area contributed by atoms with Gasteiger partial charge >= 0.3 is 0 Å². The minimum Gasteiger partial charge on any atom is -0.368 e. The van der Waals surface area contributed by atoms with Gasteiger partial charge in [0.25, 0.3) is 0 Å². The van der Waals surface area contributed by atoms with Crippen LogP contribution in [0.4, 0.5) is 23.3 Å². The Morgan fingerprint density at radius 1 is 1.07 bits per heavy atom. The van der Waals surface area contributed by atoms with E-state index in [1.54, 1.807) is 0 Å². The minimum absolute atomic E-state index is 0.0393. The van der Waals surface area contributed by atoms with Crippen LogP contribution in [0, 0.1) is 0 Å². The van der Waals surface area contributed by atoms with Gasteiger partial charge in [-0.3, -0.25) is 4.79 Å². The van der Waals surface area contributed by atoms with Crippen LogP contribution in [0.3, 0.4) is 0 Å². The Labute approximate surface area is 179 Å². The van der Waals surface area contributed by atoms with E-state index in [0.29, 0.717) is 17.5 Å². The lowest BCUT2D eigenvalue weighted by Gasteiger charge is -2.13. The van der Waals surface area contributed by atoms with Crippen molar-refractivity contribution in [3.8, 4) is 0 Å². The van der Waals surface area contributed by atoms with Crippen LogP contribution in [0.25, 0.3) is 0 Å². The Morgan fingerprint density at radius 2 is 1.87 bits per heavy atom. The number of anilines is 4. The second kappa shape index (κ2) is 9.13. The molecule has 1 atom stereocenters. The molecule has 1 amide bonds. The van der Waals surface area contributed by atoms with Gasteiger partial charge in [0.2, 0.25) is 17.8 Å². The summed E-state index contributed by atoms with van der Waals surface area (Å²) in [5, 5.41) is 5.87. The topological polar surface area (TPSA) is 106 Å². The summed E-state index contributed by atoms with van der Waals surface area (Å²) in [6.07, 6.45) is 3.41. The highest BCUT2D eigenvalue weighted by atomic mass is 32.2. The summed E-state index contributed by atoms with van der Waals surface area (Å²) in [4.78, 5) is 25.3. The fraction of sp³-hybridized carbons (Fsp3) is 0.273. The van der Waals surface area contributed by atoms with Gasteiger partial charge in [-0.05, 0) is 61.6 Å². The van der Waals surface area contributed by atoms with E-state index in [9.17, 15) is 4.79 Å². The van der Waals surface area contributed by atoms with E-state index < -0.39 is 0 Å². The molecule has 1 aliphatic rings. The van der Waals surface area contributed by atoms with Gasteiger partial charge < -0.3 is 16.4 Å². The number of para-hydroxylation sites is 1. The monoisotopic (exact) mass is 420 g/mol. The fourth-order valence-corrected chi connectivity index (χ4v) is 4.12. The van der Waals surface area contributed by atoms with Crippen molar-refractivity contribution in [2.75, 3.05) is 16.4 Å². The van der Waals surface area contributed by atoms with Gasteiger partial charge in [0.15, 0.2) is 0 Å². The molecule has 154 valence electrons. The molecule has 30 heavy (non-hydrogen) atoms. The second-order valence-corrected chi connectivity index (χ2v) is 8.53. The Balaban J connectivity index is 1.35. The van der Waals surface area contributed by atoms with Crippen molar-refractivity contribution in [2.45, 2.75) is 37.2 Å². The summed E-state index contributed by atoms with van der Waals surface area (Å²) in [6.45, 7) is 1.88. The maximum absolute atomic E-state index is 12.6. The molecule has 0 saturated heterocycles. The molecule has 0 saturated carbocycles. The number of carbonyl (C=O) groups is 1. The molecule has 3 aromatic rings. The Hall–Kier alpha value is -3.13. The van der Waals surface area contributed by atoms with Crippen LogP contribution in [0.1, 0.15) is 30.3 Å². The number of hydrogen-bond acceptors (Lipinski definition) is 7. The molecule has 0 radical (unpaired) electrons. The molecular weight excluding hydrogens is 396 g/mol. The van der Waals surface area contributed by atoms with Crippen molar-refractivity contribution in [1.82, 2.24) is 15.0 Å². The van der Waals surface area contributed by atoms with Gasteiger partial charge in [-0.25, -0.2) is 0 Å². The lowest BCUT2D eigenvalue weighted by Crippen LogP contribution is -2.23. The van der Waals surface area contributed by atoms with Gasteiger partial charge in [-0.1, -0.05) is 24.3 Å². The van der Waals surface area contributed by atoms with Crippen LogP contribution in [-0.4, -0.2) is 26.1 Å². The van der Waals surface area contributed by atoms with Crippen LogP contribution in [0.5, 0.6) is 0 Å². The molecule has 4 rings (SSSR count). The number of aromatic nitrogens is 3. The number of aryl methyl sites for hydroxylation is 2. The Kier molecular flexibility index (Phi) is 6.13. The summed E-state index contributed by atoms with van der Waals surface area (Å²) < 4.78 is 0. The summed E-state index contributed by atoms with van der Waals surface area (Å²) in [5.41, 5.74) is 10.3. The number of rotatable bonds is 7. The summed E-state index contributed by atoms with van der Waals surface area (Å²) in [7, 11) is 0. The van der Waals surface area contributed by atoms with E-state index in [-0.39, 0.29) is 17.1 Å². The quantitative estimate of drug-likeness (QED) is 0.531. The average molecular weight is 421 g/mol. The van der Waals surface area contributed by atoms with Crippen molar-refractivity contribution >= 4 is 40.9 Å². The number of nitrogens with one attached hydrogen (secondary N) is 2. The number of thioether (sulfide) groups is 1. The predicted octanol–water partition coefficient (Wildman–Crippen LogP) is 3.95. The van der Waals surface area contributed by atoms with Gasteiger partial charge in [-0.15, -0.1) is 11.8 Å². The third-order valence-corrected chi connectivity index (χ3v) is 6.07. The molecule has 1 heterocycles. The first kappa shape index (κ1) is 20.2. The van der Waals surface area contributed by atoms with Crippen LogP contribution in [-0.2, 0) is 23.4 Å². The lowest BCUT2D eigenvalue weighted by molar-refractivity contribution is -0.115. The third kappa shape index (κ3) is 5.07. The number of benzene rings is 2. The molecule has 4 N–H and O–H groups in total. The number of nitrogens with zero attached hydrogens (tertiary/aromatic N) is 3.